The molecule has 1 aliphatic heterocycles. The van der Waals surface area contributed by atoms with Crippen LogP contribution >= 0.6 is 15.9 Å². The van der Waals surface area contributed by atoms with E-state index >= 15 is 0 Å². The molecule has 0 saturated carbocycles. The lowest BCUT2D eigenvalue weighted by molar-refractivity contribution is -0.134. The summed E-state index contributed by atoms with van der Waals surface area (Å²) < 4.78 is 6.28. The smallest absolute Gasteiger partial charge is 0.260 e. The number of nitrogens with zero attached hydrogens (tertiary/aromatic N) is 2. The fourth-order valence-electron chi connectivity index (χ4n) is 2.09. The number of benzene rings is 1. The summed E-state index contributed by atoms with van der Waals surface area (Å²) in [5.74, 6) is 0.447. The molecule has 0 unspecified atom stereocenters. The Morgan fingerprint density at radius 3 is 2.79 bits per heavy atom. The summed E-state index contributed by atoms with van der Waals surface area (Å²) in [6.07, 6.45) is 3.32. The summed E-state index contributed by atoms with van der Waals surface area (Å²) in [5, 5.41) is 9.01. The summed E-state index contributed by atoms with van der Waals surface area (Å²) >= 11 is 3.30. The third-order valence-corrected chi connectivity index (χ3v) is 3.62. The van der Waals surface area contributed by atoms with Gasteiger partial charge in [-0.25, -0.2) is 0 Å². The zero-order chi connectivity index (χ0) is 13.7. The van der Waals surface area contributed by atoms with E-state index in [1.165, 1.54) is 6.42 Å². The molecule has 0 atom stereocenters. The Labute approximate surface area is 121 Å². The normalized spacial score (nSPS) is 14.8. The molecule has 19 heavy (non-hydrogen) atoms. The van der Waals surface area contributed by atoms with Gasteiger partial charge in [-0.2, -0.15) is 5.26 Å². The summed E-state index contributed by atoms with van der Waals surface area (Å²) in [4.78, 5) is 13.8. The van der Waals surface area contributed by atoms with Crippen LogP contribution in [0.2, 0.25) is 0 Å². The van der Waals surface area contributed by atoms with E-state index in [4.69, 9.17) is 10.00 Å². The molecule has 1 aliphatic rings. The maximum absolute atomic E-state index is 11.9. The van der Waals surface area contributed by atoms with Crippen molar-refractivity contribution in [3.8, 4) is 11.8 Å². The average molecular weight is 323 g/mol. The zero-order valence-electron chi connectivity index (χ0n) is 10.6. The molecule has 0 radical (unpaired) electrons. The maximum Gasteiger partial charge on any atom is 0.260 e. The first-order valence-corrected chi connectivity index (χ1v) is 7.10. The van der Waals surface area contributed by atoms with Crippen molar-refractivity contribution in [3.05, 3.63) is 28.2 Å². The van der Waals surface area contributed by atoms with Gasteiger partial charge >= 0.3 is 0 Å². The van der Waals surface area contributed by atoms with Crippen LogP contribution in [0.4, 0.5) is 0 Å². The Morgan fingerprint density at radius 2 is 2.11 bits per heavy atom. The number of halogens is 1. The van der Waals surface area contributed by atoms with Crippen LogP contribution in [0.1, 0.15) is 24.8 Å². The van der Waals surface area contributed by atoms with E-state index < -0.39 is 0 Å². The number of ether oxygens (including phenoxy) is 1. The van der Waals surface area contributed by atoms with E-state index in [2.05, 4.69) is 22.0 Å². The van der Waals surface area contributed by atoms with Crippen molar-refractivity contribution in [3.63, 3.8) is 0 Å². The number of carbonyl (C=O) groups is 1. The number of piperidine rings is 1. The van der Waals surface area contributed by atoms with Crippen molar-refractivity contribution in [2.24, 2.45) is 0 Å². The molecule has 1 saturated heterocycles. The largest absolute Gasteiger partial charge is 0.482 e. The molecular formula is C14H15BrN2O2. The van der Waals surface area contributed by atoms with Crippen LogP contribution in [0, 0.1) is 11.3 Å². The van der Waals surface area contributed by atoms with Crippen LogP contribution in [0.15, 0.2) is 22.7 Å². The maximum atomic E-state index is 11.9. The second-order valence-electron chi connectivity index (χ2n) is 4.48. The van der Waals surface area contributed by atoms with E-state index in [0.29, 0.717) is 11.3 Å². The molecule has 0 bridgehead atoms. The molecule has 0 spiro atoms. The highest BCUT2D eigenvalue weighted by Gasteiger charge is 2.17. The first kappa shape index (κ1) is 13.9. The minimum absolute atomic E-state index is 0.00366. The molecule has 1 aromatic rings. The highest BCUT2D eigenvalue weighted by Crippen LogP contribution is 2.22. The number of nitriles is 1. The fraction of sp³-hybridized carbons (Fsp3) is 0.429. The molecule has 0 aromatic heterocycles. The fourth-order valence-corrected chi connectivity index (χ4v) is 2.45. The number of rotatable bonds is 3. The molecule has 1 aromatic carbocycles. The van der Waals surface area contributed by atoms with E-state index in [1.54, 1.807) is 18.2 Å². The second-order valence-corrected chi connectivity index (χ2v) is 5.40. The van der Waals surface area contributed by atoms with Gasteiger partial charge in [0.2, 0.25) is 0 Å². The minimum Gasteiger partial charge on any atom is -0.482 e. The highest BCUT2D eigenvalue weighted by molar-refractivity contribution is 9.10. The highest BCUT2D eigenvalue weighted by atomic mass is 79.9. The van der Waals surface area contributed by atoms with E-state index in [-0.39, 0.29) is 12.5 Å². The molecule has 100 valence electrons. The molecular weight excluding hydrogens is 308 g/mol. The second kappa shape index (κ2) is 6.58. The Kier molecular flexibility index (Phi) is 4.80. The third kappa shape index (κ3) is 3.71. The van der Waals surface area contributed by atoms with Crippen LogP contribution in [0.3, 0.4) is 0 Å². The van der Waals surface area contributed by atoms with Gasteiger partial charge in [0.15, 0.2) is 6.61 Å². The van der Waals surface area contributed by atoms with Gasteiger partial charge in [0.25, 0.3) is 5.91 Å². The van der Waals surface area contributed by atoms with E-state index in [0.717, 1.165) is 30.4 Å². The molecule has 1 heterocycles. The van der Waals surface area contributed by atoms with Crippen molar-refractivity contribution in [2.45, 2.75) is 19.3 Å². The minimum atomic E-state index is -0.00786. The lowest BCUT2D eigenvalue weighted by Crippen LogP contribution is -2.38. The SMILES string of the molecule is N#Cc1cc(Br)ccc1OCC(=O)N1CCCCC1. The van der Waals surface area contributed by atoms with Gasteiger partial charge in [-0.05, 0) is 37.5 Å². The van der Waals surface area contributed by atoms with Gasteiger partial charge in [0.1, 0.15) is 11.8 Å². The number of hydrogen-bond donors (Lipinski definition) is 0. The quantitative estimate of drug-likeness (QED) is 0.859. The standard InChI is InChI=1S/C14H15BrN2O2/c15-12-4-5-13(11(8-12)9-16)19-10-14(18)17-6-2-1-3-7-17/h4-5,8H,1-3,6-7,10H2. The summed E-state index contributed by atoms with van der Waals surface area (Å²) in [7, 11) is 0. The number of carbonyl (C=O) groups excluding carboxylic acids is 1. The van der Waals surface area contributed by atoms with Gasteiger partial charge in [-0.3, -0.25) is 4.79 Å². The van der Waals surface area contributed by atoms with Gasteiger partial charge in [-0.15, -0.1) is 0 Å². The first-order chi connectivity index (χ1) is 9.20. The lowest BCUT2D eigenvalue weighted by atomic mass is 10.1. The van der Waals surface area contributed by atoms with Crippen LogP contribution in [0.5, 0.6) is 5.75 Å². The lowest BCUT2D eigenvalue weighted by Gasteiger charge is -2.26. The Bertz CT molecular complexity index is 505. The molecule has 0 aliphatic carbocycles. The van der Waals surface area contributed by atoms with Gasteiger partial charge in [-0.1, -0.05) is 15.9 Å². The van der Waals surface area contributed by atoms with Crippen molar-refractivity contribution < 1.29 is 9.53 Å². The first-order valence-electron chi connectivity index (χ1n) is 6.31. The molecule has 1 fully saturated rings. The Balaban J connectivity index is 1.95. The zero-order valence-corrected chi connectivity index (χ0v) is 12.1. The van der Waals surface area contributed by atoms with Gasteiger partial charge in [0.05, 0.1) is 5.56 Å². The third-order valence-electron chi connectivity index (χ3n) is 3.12. The van der Waals surface area contributed by atoms with Crippen LogP contribution in [0.25, 0.3) is 0 Å². The average Bonchev–Trinajstić information content (AvgIpc) is 2.46. The van der Waals surface area contributed by atoms with E-state index in [9.17, 15) is 4.79 Å². The van der Waals surface area contributed by atoms with Crippen molar-refractivity contribution in [2.75, 3.05) is 19.7 Å². The van der Waals surface area contributed by atoms with Crippen LogP contribution in [-0.4, -0.2) is 30.5 Å². The molecule has 1 amide bonds. The molecule has 0 N–H and O–H groups in total. The summed E-state index contributed by atoms with van der Waals surface area (Å²) in [5.41, 5.74) is 0.431. The Morgan fingerprint density at radius 1 is 1.37 bits per heavy atom. The molecule has 4 nitrogen and oxygen atoms in total. The molecule has 5 heteroatoms. The van der Waals surface area contributed by atoms with Crippen LogP contribution < -0.4 is 4.74 Å². The number of hydrogen-bond acceptors (Lipinski definition) is 3. The van der Waals surface area contributed by atoms with Gasteiger partial charge < -0.3 is 9.64 Å². The predicted octanol–water partition coefficient (Wildman–Crippen LogP) is 2.71. The van der Waals surface area contributed by atoms with Crippen LogP contribution in [-0.2, 0) is 4.79 Å². The monoisotopic (exact) mass is 322 g/mol. The van der Waals surface area contributed by atoms with Crippen molar-refractivity contribution in [1.82, 2.24) is 4.90 Å². The molecule has 2 rings (SSSR count). The predicted molar refractivity (Wildman–Crippen MR) is 74.8 cm³/mol. The van der Waals surface area contributed by atoms with E-state index in [1.807, 2.05) is 4.90 Å². The summed E-state index contributed by atoms with van der Waals surface area (Å²) in [6.45, 7) is 1.62. The topological polar surface area (TPSA) is 53.3 Å². The summed E-state index contributed by atoms with van der Waals surface area (Å²) in [6, 6.07) is 7.23. The van der Waals surface area contributed by atoms with Crippen molar-refractivity contribution >= 4 is 21.8 Å². The number of amides is 1. The Hall–Kier alpha value is -1.54. The van der Waals surface area contributed by atoms with Crippen molar-refractivity contribution in [1.29, 1.82) is 5.26 Å². The van der Waals surface area contributed by atoms with Gasteiger partial charge in [0, 0.05) is 17.6 Å². The number of likely N-dealkylation sites (tertiary alicyclic amines) is 1.